The molecule has 2 aromatic heterocycles. The van der Waals surface area contributed by atoms with Crippen LogP contribution in [0.5, 0.6) is 0 Å². The number of benzene rings is 2. The van der Waals surface area contributed by atoms with Gasteiger partial charge in [-0.25, -0.2) is 9.97 Å². The predicted molar refractivity (Wildman–Crippen MR) is 122 cm³/mol. The molecule has 7 heteroatoms. The number of piperidine rings is 1. The predicted octanol–water partition coefficient (Wildman–Crippen LogP) is 5.38. The Morgan fingerprint density at radius 2 is 2.03 bits per heavy atom. The van der Waals surface area contributed by atoms with Crippen LogP contribution in [0.15, 0.2) is 36.4 Å². The molecule has 0 bridgehead atoms. The second-order valence-electron chi connectivity index (χ2n) is 7.68. The van der Waals surface area contributed by atoms with Crippen molar-refractivity contribution in [2.24, 2.45) is 5.92 Å². The number of fused-ring (bicyclic) bond motifs is 2. The SMILES string of the molecule is Cc1ccc2nc(N3CCCC(C(=O)Nc4nc5c(C)cccc5s4)C3)sc2c1. The molecule has 3 heterocycles. The van der Waals surface area contributed by atoms with Gasteiger partial charge in [0, 0.05) is 13.1 Å². The lowest BCUT2D eigenvalue weighted by Crippen LogP contribution is -2.40. The average Bonchev–Trinajstić information content (AvgIpc) is 3.32. The van der Waals surface area contributed by atoms with Gasteiger partial charge in [0.1, 0.15) is 0 Å². The van der Waals surface area contributed by atoms with Gasteiger partial charge in [-0.15, -0.1) is 0 Å². The maximum atomic E-state index is 12.9. The minimum absolute atomic E-state index is 0.0504. The van der Waals surface area contributed by atoms with Crippen LogP contribution < -0.4 is 10.2 Å². The van der Waals surface area contributed by atoms with Gasteiger partial charge in [0.05, 0.1) is 26.4 Å². The van der Waals surface area contributed by atoms with Crippen LogP contribution in [0.2, 0.25) is 0 Å². The van der Waals surface area contributed by atoms with E-state index >= 15 is 0 Å². The summed E-state index contributed by atoms with van der Waals surface area (Å²) in [4.78, 5) is 24.6. The monoisotopic (exact) mass is 422 g/mol. The van der Waals surface area contributed by atoms with Gasteiger partial charge in [0.25, 0.3) is 0 Å². The molecule has 0 saturated carbocycles. The van der Waals surface area contributed by atoms with Crippen LogP contribution in [0.1, 0.15) is 24.0 Å². The van der Waals surface area contributed by atoms with E-state index in [1.54, 1.807) is 11.3 Å². The highest BCUT2D eigenvalue weighted by Gasteiger charge is 2.28. The molecule has 29 heavy (non-hydrogen) atoms. The van der Waals surface area contributed by atoms with Crippen LogP contribution in [0, 0.1) is 19.8 Å². The number of aryl methyl sites for hydroxylation is 2. The number of nitrogens with one attached hydrogen (secondary N) is 1. The Kier molecular flexibility index (Phi) is 4.72. The summed E-state index contributed by atoms with van der Waals surface area (Å²) in [6, 6.07) is 12.5. The maximum Gasteiger partial charge on any atom is 0.231 e. The summed E-state index contributed by atoms with van der Waals surface area (Å²) in [7, 11) is 0. The van der Waals surface area contributed by atoms with Crippen LogP contribution in [0.3, 0.4) is 0 Å². The molecule has 4 aromatic rings. The van der Waals surface area contributed by atoms with E-state index in [-0.39, 0.29) is 11.8 Å². The standard InChI is InChI=1S/C22H22N4OS2/c1-13-8-9-16-18(11-13)29-22(23-16)26-10-4-6-15(12-26)20(27)25-21-24-19-14(2)5-3-7-17(19)28-21/h3,5,7-9,11,15H,4,6,10,12H2,1-2H3,(H,24,25,27). The summed E-state index contributed by atoms with van der Waals surface area (Å²) < 4.78 is 2.31. The molecule has 1 aliphatic rings. The van der Waals surface area contributed by atoms with E-state index in [1.165, 1.54) is 21.6 Å². The van der Waals surface area contributed by atoms with Gasteiger partial charge < -0.3 is 10.2 Å². The first kappa shape index (κ1) is 18.5. The largest absolute Gasteiger partial charge is 0.347 e. The van der Waals surface area contributed by atoms with Crippen LogP contribution >= 0.6 is 22.7 Å². The van der Waals surface area contributed by atoms with Crippen LogP contribution in [0.25, 0.3) is 20.4 Å². The van der Waals surface area contributed by atoms with Crippen molar-refractivity contribution in [2.75, 3.05) is 23.3 Å². The van der Waals surface area contributed by atoms with Crippen molar-refractivity contribution in [1.29, 1.82) is 0 Å². The van der Waals surface area contributed by atoms with Crippen LogP contribution in [-0.4, -0.2) is 29.0 Å². The summed E-state index contributed by atoms with van der Waals surface area (Å²) in [5.41, 5.74) is 4.39. The van der Waals surface area contributed by atoms with Crippen molar-refractivity contribution < 1.29 is 4.79 Å². The van der Waals surface area contributed by atoms with Gasteiger partial charge in [0.15, 0.2) is 10.3 Å². The number of rotatable bonds is 3. The molecule has 148 valence electrons. The Labute approximate surface area is 177 Å². The van der Waals surface area contributed by atoms with Crippen molar-refractivity contribution in [3.63, 3.8) is 0 Å². The van der Waals surface area contributed by atoms with Crippen molar-refractivity contribution in [3.05, 3.63) is 47.5 Å². The lowest BCUT2D eigenvalue weighted by molar-refractivity contribution is -0.120. The number of amides is 1. The molecule has 0 aliphatic carbocycles. The fourth-order valence-corrected chi connectivity index (χ4v) is 5.91. The van der Waals surface area contributed by atoms with Crippen molar-refractivity contribution >= 4 is 59.3 Å². The third-order valence-electron chi connectivity index (χ3n) is 5.45. The number of carbonyl (C=O) groups is 1. The highest BCUT2D eigenvalue weighted by Crippen LogP contribution is 2.33. The zero-order valence-electron chi connectivity index (χ0n) is 16.4. The Bertz CT molecular complexity index is 1210. The number of hydrogen-bond donors (Lipinski definition) is 1. The van der Waals surface area contributed by atoms with E-state index in [0.29, 0.717) is 11.7 Å². The van der Waals surface area contributed by atoms with E-state index in [1.807, 2.05) is 25.1 Å². The van der Waals surface area contributed by atoms with Crippen molar-refractivity contribution in [2.45, 2.75) is 26.7 Å². The van der Waals surface area contributed by atoms with Gasteiger partial charge in [0.2, 0.25) is 5.91 Å². The molecule has 1 amide bonds. The first-order valence-corrected chi connectivity index (χ1v) is 11.5. The Hall–Kier alpha value is -2.51. The van der Waals surface area contributed by atoms with E-state index in [0.717, 1.165) is 45.8 Å². The first-order valence-electron chi connectivity index (χ1n) is 9.86. The van der Waals surface area contributed by atoms with Gasteiger partial charge >= 0.3 is 0 Å². The van der Waals surface area contributed by atoms with Crippen LogP contribution in [-0.2, 0) is 4.79 Å². The van der Waals surface area contributed by atoms with E-state index in [9.17, 15) is 4.79 Å². The molecule has 1 aliphatic heterocycles. The molecule has 1 N–H and O–H groups in total. The van der Waals surface area contributed by atoms with Crippen LogP contribution in [0.4, 0.5) is 10.3 Å². The minimum atomic E-state index is -0.0504. The van der Waals surface area contributed by atoms with Gasteiger partial charge in [-0.3, -0.25) is 4.79 Å². The zero-order valence-corrected chi connectivity index (χ0v) is 18.1. The second-order valence-corrected chi connectivity index (χ2v) is 9.72. The number of thiazole rings is 2. The molecule has 1 saturated heterocycles. The lowest BCUT2D eigenvalue weighted by Gasteiger charge is -2.31. The van der Waals surface area contributed by atoms with E-state index < -0.39 is 0 Å². The molecular formula is C22H22N4OS2. The van der Waals surface area contributed by atoms with Gasteiger partial charge in [-0.1, -0.05) is 40.9 Å². The fraction of sp³-hybridized carbons (Fsp3) is 0.318. The highest BCUT2D eigenvalue weighted by atomic mass is 32.1. The maximum absolute atomic E-state index is 12.9. The molecular weight excluding hydrogens is 400 g/mol. The highest BCUT2D eigenvalue weighted by molar-refractivity contribution is 7.22. The molecule has 2 aromatic carbocycles. The number of anilines is 2. The zero-order chi connectivity index (χ0) is 20.0. The summed E-state index contributed by atoms with van der Waals surface area (Å²) in [6.45, 7) is 5.80. The van der Waals surface area contributed by atoms with Gasteiger partial charge in [-0.2, -0.15) is 0 Å². The molecule has 5 nitrogen and oxygen atoms in total. The normalized spacial score (nSPS) is 17.2. The first-order chi connectivity index (χ1) is 14.1. The summed E-state index contributed by atoms with van der Waals surface area (Å²) >= 11 is 3.25. The topological polar surface area (TPSA) is 58.1 Å². The number of nitrogens with zero attached hydrogens (tertiary/aromatic N) is 3. The van der Waals surface area contributed by atoms with Crippen molar-refractivity contribution in [3.8, 4) is 0 Å². The van der Waals surface area contributed by atoms with Crippen molar-refractivity contribution in [1.82, 2.24) is 9.97 Å². The number of para-hydroxylation sites is 1. The molecule has 1 fully saturated rings. The number of hydrogen-bond acceptors (Lipinski definition) is 6. The Morgan fingerprint density at radius 3 is 2.90 bits per heavy atom. The molecule has 0 spiro atoms. The van der Waals surface area contributed by atoms with E-state index in [4.69, 9.17) is 4.98 Å². The average molecular weight is 423 g/mol. The number of carbonyl (C=O) groups excluding carboxylic acids is 1. The summed E-state index contributed by atoms with van der Waals surface area (Å²) in [5, 5.41) is 4.76. The molecule has 1 atom stereocenters. The Balaban J connectivity index is 1.32. The fourth-order valence-electron chi connectivity index (χ4n) is 3.87. The summed E-state index contributed by atoms with van der Waals surface area (Å²) in [5.74, 6) is 0.00831. The Morgan fingerprint density at radius 1 is 1.14 bits per heavy atom. The summed E-state index contributed by atoms with van der Waals surface area (Å²) in [6.07, 6.45) is 1.89. The third kappa shape index (κ3) is 3.60. The molecule has 0 radical (unpaired) electrons. The van der Waals surface area contributed by atoms with Gasteiger partial charge in [-0.05, 0) is 56.0 Å². The minimum Gasteiger partial charge on any atom is -0.347 e. The van der Waals surface area contributed by atoms with E-state index in [2.05, 4.69) is 40.3 Å². The quantitative estimate of drug-likeness (QED) is 0.482. The molecule has 5 rings (SSSR count). The number of aromatic nitrogens is 2. The molecule has 1 unspecified atom stereocenters. The smallest absolute Gasteiger partial charge is 0.231 e. The second kappa shape index (κ2) is 7.39. The lowest BCUT2D eigenvalue weighted by atomic mass is 9.97. The third-order valence-corrected chi connectivity index (χ3v) is 7.46.